The number of benzene rings is 1. The molecule has 2 amide bonds. The second-order valence-corrected chi connectivity index (χ2v) is 9.51. The third kappa shape index (κ3) is 3.93. The van der Waals surface area contributed by atoms with E-state index in [2.05, 4.69) is 22.2 Å². The average Bonchev–Trinajstić information content (AvgIpc) is 3.11. The van der Waals surface area contributed by atoms with Gasteiger partial charge in [-0.25, -0.2) is 9.97 Å². The van der Waals surface area contributed by atoms with Gasteiger partial charge in [-0.1, -0.05) is 24.3 Å². The normalized spacial score (nSPS) is 21.3. The van der Waals surface area contributed by atoms with Crippen molar-refractivity contribution in [2.24, 2.45) is 5.92 Å². The largest absolute Gasteiger partial charge is 0.383 e. The molecule has 9 heteroatoms. The van der Waals surface area contributed by atoms with Crippen LogP contribution in [0, 0.1) is 12.8 Å². The van der Waals surface area contributed by atoms with Crippen LogP contribution < -0.4 is 16.8 Å². The topological polar surface area (TPSA) is 127 Å². The average molecular weight is 439 g/mol. The highest BCUT2D eigenvalue weighted by Crippen LogP contribution is 2.40. The summed E-state index contributed by atoms with van der Waals surface area (Å²) in [4.78, 5) is 36.3. The first-order chi connectivity index (χ1) is 14.7. The summed E-state index contributed by atoms with van der Waals surface area (Å²) in [5, 5.41) is 3.18. The van der Waals surface area contributed by atoms with Gasteiger partial charge in [-0.2, -0.15) is 0 Å². The van der Waals surface area contributed by atoms with E-state index in [-0.39, 0.29) is 0 Å². The number of fused-ring (bicyclic) bond motifs is 1. The number of pyridine rings is 1. The van der Waals surface area contributed by atoms with Gasteiger partial charge in [0.2, 0.25) is 0 Å². The molecule has 31 heavy (non-hydrogen) atoms. The molecule has 0 spiro atoms. The summed E-state index contributed by atoms with van der Waals surface area (Å²) in [7, 11) is 0. The Kier molecular flexibility index (Phi) is 5.30. The number of nitrogens with one attached hydrogen (secondary N) is 1. The quantitative estimate of drug-likeness (QED) is 0.527. The number of hydrogen-bond donors (Lipinski definition) is 3. The van der Waals surface area contributed by atoms with Gasteiger partial charge in [0, 0.05) is 6.54 Å². The minimum absolute atomic E-state index is 0.295. The first-order valence-corrected chi connectivity index (χ1v) is 11.0. The molecule has 5 N–H and O–H groups in total. The Balaban J connectivity index is 1.64. The molecule has 2 atom stereocenters. The molecule has 1 saturated heterocycles. The molecule has 0 aliphatic carbocycles. The monoisotopic (exact) mass is 438 g/mol. The number of thiazole rings is 1. The van der Waals surface area contributed by atoms with Crippen molar-refractivity contribution in [3.05, 3.63) is 41.6 Å². The van der Waals surface area contributed by atoms with Crippen LogP contribution in [0.4, 0.5) is 16.6 Å². The van der Waals surface area contributed by atoms with Crippen LogP contribution in [0.5, 0.6) is 0 Å². The molecule has 0 saturated carbocycles. The Morgan fingerprint density at radius 1 is 1.29 bits per heavy atom. The van der Waals surface area contributed by atoms with Crippen LogP contribution in [0.25, 0.3) is 10.2 Å². The number of aromatic nitrogens is 2. The van der Waals surface area contributed by atoms with Crippen LogP contribution in [0.1, 0.15) is 37.8 Å². The lowest BCUT2D eigenvalue weighted by Gasteiger charge is -2.47. The third-order valence-corrected chi connectivity index (χ3v) is 6.92. The van der Waals surface area contributed by atoms with Gasteiger partial charge in [0.15, 0.2) is 5.13 Å². The lowest BCUT2D eigenvalue weighted by Crippen LogP contribution is -2.55. The molecule has 0 radical (unpaired) electrons. The molecule has 1 aromatic carbocycles. The Morgan fingerprint density at radius 3 is 2.81 bits per heavy atom. The van der Waals surface area contributed by atoms with Crippen molar-refractivity contribution in [1.29, 1.82) is 0 Å². The van der Waals surface area contributed by atoms with E-state index in [4.69, 9.17) is 11.5 Å². The second kappa shape index (κ2) is 7.81. The van der Waals surface area contributed by atoms with Gasteiger partial charge in [0.1, 0.15) is 5.82 Å². The van der Waals surface area contributed by atoms with Crippen LogP contribution in [0.2, 0.25) is 0 Å². The van der Waals surface area contributed by atoms with E-state index in [0.717, 1.165) is 34.2 Å². The number of nitrogens with zero attached hydrogens (tertiary/aromatic N) is 3. The van der Waals surface area contributed by atoms with Gasteiger partial charge in [-0.15, -0.1) is 0 Å². The standard InChI is InChI=1S/C22H26N6O2S/c1-12-6-7-22(3,14-4-5-17-16(9-14)27-21(24)31-17)28(11-12)20(30)19(29)26-15-8-13(2)18(23)25-10-15/h4-5,8-10,12H,6-7,11H2,1-3H3,(H2,23,25)(H2,24,27)(H,26,29)/t12-,22-/m0/s1. The second-order valence-electron chi connectivity index (χ2n) is 8.45. The summed E-state index contributed by atoms with van der Waals surface area (Å²) in [6, 6.07) is 7.66. The molecule has 1 fully saturated rings. The zero-order chi connectivity index (χ0) is 22.3. The molecule has 0 unspecified atom stereocenters. The first-order valence-electron chi connectivity index (χ1n) is 10.2. The summed E-state index contributed by atoms with van der Waals surface area (Å²) in [5.41, 5.74) is 13.9. The van der Waals surface area contributed by atoms with Gasteiger partial charge in [0.05, 0.1) is 27.6 Å². The van der Waals surface area contributed by atoms with Crippen molar-refractivity contribution in [1.82, 2.24) is 14.9 Å². The Hall–Kier alpha value is -3.20. The summed E-state index contributed by atoms with van der Waals surface area (Å²) < 4.78 is 0.996. The van der Waals surface area contributed by atoms with Crippen molar-refractivity contribution >= 4 is 50.0 Å². The molecular weight excluding hydrogens is 412 g/mol. The summed E-state index contributed by atoms with van der Waals surface area (Å²) >= 11 is 1.43. The van der Waals surface area contributed by atoms with Crippen LogP contribution in [-0.4, -0.2) is 33.2 Å². The lowest BCUT2D eigenvalue weighted by molar-refractivity contribution is -0.150. The number of aryl methyl sites for hydroxylation is 1. The van der Waals surface area contributed by atoms with E-state index in [1.165, 1.54) is 17.5 Å². The molecule has 0 bridgehead atoms. The molecular formula is C22H26N6O2S. The van der Waals surface area contributed by atoms with Crippen molar-refractivity contribution in [3.63, 3.8) is 0 Å². The molecule has 3 aromatic rings. The van der Waals surface area contributed by atoms with Gasteiger partial charge >= 0.3 is 11.8 Å². The fourth-order valence-electron chi connectivity index (χ4n) is 4.12. The molecule has 162 valence electrons. The summed E-state index contributed by atoms with van der Waals surface area (Å²) in [6.07, 6.45) is 3.16. The first kappa shape index (κ1) is 21.0. The SMILES string of the molecule is Cc1cc(NC(=O)C(=O)N2C[C@@H](C)CC[C@@]2(C)c2ccc3sc(N)nc3c2)cnc1N. The molecule has 1 aliphatic heterocycles. The van der Waals surface area contributed by atoms with Gasteiger partial charge in [-0.05, 0) is 61.9 Å². The molecule has 2 aromatic heterocycles. The Bertz CT molecular complexity index is 1180. The van der Waals surface area contributed by atoms with E-state index in [9.17, 15) is 9.59 Å². The number of rotatable bonds is 2. The Morgan fingerprint density at radius 2 is 2.06 bits per heavy atom. The van der Waals surface area contributed by atoms with Gasteiger partial charge in [0.25, 0.3) is 0 Å². The zero-order valence-electron chi connectivity index (χ0n) is 17.8. The van der Waals surface area contributed by atoms with Crippen LogP contribution in [0.3, 0.4) is 0 Å². The fraction of sp³-hybridized carbons (Fsp3) is 0.364. The fourth-order valence-corrected chi connectivity index (χ4v) is 4.83. The minimum Gasteiger partial charge on any atom is -0.383 e. The smallest absolute Gasteiger partial charge is 0.313 e. The number of amides is 2. The number of nitrogen functional groups attached to an aromatic ring is 2. The van der Waals surface area contributed by atoms with E-state index < -0.39 is 17.4 Å². The number of likely N-dealkylation sites (tertiary alicyclic amines) is 1. The van der Waals surface area contributed by atoms with Crippen LogP contribution in [0.15, 0.2) is 30.5 Å². The number of anilines is 3. The summed E-state index contributed by atoms with van der Waals surface area (Å²) in [5.74, 6) is -0.574. The van der Waals surface area contributed by atoms with Crippen molar-refractivity contribution in [3.8, 4) is 0 Å². The maximum absolute atomic E-state index is 13.3. The maximum Gasteiger partial charge on any atom is 0.313 e. The van der Waals surface area contributed by atoms with E-state index in [0.29, 0.717) is 29.1 Å². The molecule has 3 heterocycles. The number of hydrogen-bond acceptors (Lipinski definition) is 7. The Labute approximate surface area is 184 Å². The molecule has 1 aliphatic rings. The van der Waals surface area contributed by atoms with E-state index in [1.54, 1.807) is 17.9 Å². The minimum atomic E-state index is -0.690. The molecule has 4 rings (SSSR count). The third-order valence-electron chi connectivity index (χ3n) is 6.06. The number of piperidine rings is 1. The van der Waals surface area contributed by atoms with Crippen molar-refractivity contribution < 1.29 is 9.59 Å². The predicted octanol–water partition coefficient (Wildman–Crippen LogP) is 3.28. The van der Waals surface area contributed by atoms with Crippen LogP contribution >= 0.6 is 11.3 Å². The lowest BCUT2D eigenvalue weighted by atomic mass is 9.79. The maximum atomic E-state index is 13.3. The zero-order valence-corrected chi connectivity index (χ0v) is 18.6. The highest BCUT2D eigenvalue weighted by atomic mass is 32.1. The highest BCUT2D eigenvalue weighted by Gasteiger charge is 2.43. The van der Waals surface area contributed by atoms with Gasteiger partial charge < -0.3 is 21.7 Å². The van der Waals surface area contributed by atoms with Crippen LogP contribution in [-0.2, 0) is 15.1 Å². The number of carbonyl (C=O) groups is 2. The molecule has 8 nitrogen and oxygen atoms in total. The van der Waals surface area contributed by atoms with E-state index in [1.807, 2.05) is 25.1 Å². The van der Waals surface area contributed by atoms with E-state index >= 15 is 0 Å². The van der Waals surface area contributed by atoms with Gasteiger partial charge in [-0.3, -0.25) is 9.59 Å². The highest BCUT2D eigenvalue weighted by molar-refractivity contribution is 7.22. The summed E-state index contributed by atoms with van der Waals surface area (Å²) in [6.45, 7) is 6.40. The predicted molar refractivity (Wildman–Crippen MR) is 124 cm³/mol. The number of carbonyl (C=O) groups excluding carboxylic acids is 2. The van der Waals surface area contributed by atoms with Crippen molar-refractivity contribution in [2.75, 3.05) is 23.3 Å². The number of nitrogens with two attached hydrogens (primary N) is 2. The van der Waals surface area contributed by atoms with Crippen molar-refractivity contribution in [2.45, 2.75) is 39.2 Å².